The molecule has 1 heterocycles. The highest BCUT2D eigenvalue weighted by Crippen LogP contribution is 2.29. The fraction of sp³-hybridized carbons (Fsp3) is 0.231. The van der Waals surface area contributed by atoms with E-state index in [1.165, 1.54) is 13.0 Å². The number of nitrogens with zero attached hydrogens (tertiary/aromatic N) is 3. The van der Waals surface area contributed by atoms with E-state index in [1.807, 2.05) is 0 Å². The Morgan fingerprint density at radius 1 is 1.38 bits per heavy atom. The van der Waals surface area contributed by atoms with Gasteiger partial charge in [0.2, 0.25) is 11.8 Å². The predicted octanol–water partition coefficient (Wildman–Crippen LogP) is 2.59. The Bertz CT molecular complexity index is 692. The maximum absolute atomic E-state index is 13.7. The Morgan fingerprint density at radius 2 is 2.05 bits per heavy atom. The maximum Gasteiger partial charge on any atom is 0.332 e. The summed E-state index contributed by atoms with van der Waals surface area (Å²) in [6, 6.07) is 5.65. The molecule has 1 unspecified atom stereocenters. The van der Waals surface area contributed by atoms with E-state index in [2.05, 4.69) is 15.3 Å². The lowest BCUT2D eigenvalue weighted by atomic mass is 10.1. The number of aromatic nitrogens is 2. The second-order valence-electron chi connectivity index (χ2n) is 4.51. The van der Waals surface area contributed by atoms with Crippen molar-refractivity contribution in [3.63, 3.8) is 0 Å². The first-order valence-corrected chi connectivity index (χ1v) is 6.19. The lowest BCUT2D eigenvalue weighted by Crippen LogP contribution is -2.13. The van der Waals surface area contributed by atoms with E-state index in [4.69, 9.17) is 5.73 Å². The minimum atomic E-state index is -0.592. The molecule has 8 heteroatoms. The number of nitrogen functional groups attached to an aromatic ring is 1. The van der Waals surface area contributed by atoms with Gasteiger partial charge in [-0.05, 0) is 19.9 Å². The van der Waals surface area contributed by atoms with E-state index in [1.54, 1.807) is 25.1 Å². The molecule has 0 bridgehead atoms. The summed E-state index contributed by atoms with van der Waals surface area (Å²) in [5.41, 5.74) is 5.77. The monoisotopic (exact) mass is 291 g/mol. The summed E-state index contributed by atoms with van der Waals surface area (Å²) < 4.78 is 13.7. The molecular formula is C13H14FN5O2. The molecule has 2 aromatic rings. The van der Waals surface area contributed by atoms with E-state index in [9.17, 15) is 14.5 Å². The first-order chi connectivity index (χ1) is 9.90. The molecule has 0 saturated carbocycles. The molecule has 0 saturated heterocycles. The Hall–Kier alpha value is -2.77. The van der Waals surface area contributed by atoms with Crippen molar-refractivity contribution in [2.75, 3.05) is 11.1 Å². The minimum absolute atomic E-state index is 0.0271. The molecule has 0 aliphatic carbocycles. The number of rotatable bonds is 4. The zero-order valence-corrected chi connectivity index (χ0v) is 11.5. The van der Waals surface area contributed by atoms with Gasteiger partial charge in [0, 0.05) is 5.56 Å². The predicted molar refractivity (Wildman–Crippen MR) is 76.3 cm³/mol. The average molecular weight is 291 g/mol. The number of hydrogen-bond acceptors (Lipinski definition) is 6. The Kier molecular flexibility index (Phi) is 3.97. The lowest BCUT2D eigenvalue weighted by Gasteiger charge is -2.16. The van der Waals surface area contributed by atoms with Gasteiger partial charge in [-0.15, -0.1) is 0 Å². The molecule has 2 rings (SSSR count). The molecule has 0 radical (unpaired) electrons. The number of benzene rings is 1. The first-order valence-electron chi connectivity index (χ1n) is 6.19. The summed E-state index contributed by atoms with van der Waals surface area (Å²) in [6.45, 7) is 3.14. The standard InChI is InChI=1S/C13H14FN5O2/c1-7(9-5-3-4-6-10(9)14)16-12-11(19(20)21)8(2)17-13(15)18-12/h3-7H,1-2H3,(H3,15,16,17,18). The quantitative estimate of drug-likeness (QED) is 0.662. The fourth-order valence-electron chi connectivity index (χ4n) is 2.02. The van der Waals surface area contributed by atoms with Gasteiger partial charge in [0.25, 0.3) is 0 Å². The molecule has 0 aliphatic rings. The normalized spacial score (nSPS) is 12.0. The first kappa shape index (κ1) is 14.6. The van der Waals surface area contributed by atoms with E-state index < -0.39 is 16.8 Å². The van der Waals surface area contributed by atoms with Crippen LogP contribution in [0.3, 0.4) is 0 Å². The minimum Gasteiger partial charge on any atom is -0.368 e. The molecule has 1 atom stereocenters. The Labute approximate surface area is 120 Å². The number of nitrogens with two attached hydrogens (primary N) is 1. The number of hydrogen-bond donors (Lipinski definition) is 2. The molecule has 3 N–H and O–H groups in total. The van der Waals surface area contributed by atoms with E-state index in [-0.39, 0.29) is 23.1 Å². The Balaban J connectivity index is 2.40. The van der Waals surface area contributed by atoms with Gasteiger partial charge in [-0.2, -0.15) is 4.98 Å². The number of aryl methyl sites for hydroxylation is 1. The summed E-state index contributed by atoms with van der Waals surface area (Å²) in [5, 5.41) is 13.9. The number of nitrogens with one attached hydrogen (secondary N) is 1. The van der Waals surface area contributed by atoms with E-state index >= 15 is 0 Å². The SMILES string of the molecule is Cc1nc(N)nc(NC(C)c2ccccc2F)c1[N+](=O)[O-]. The van der Waals surface area contributed by atoms with Crippen LogP contribution in [0.4, 0.5) is 21.8 Å². The number of anilines is 2. The summed E-state index contributed by atoms with van der Waals surface area (Å²) in [7, 11) is 0. The highest BCUT2D eigenvalue weighted by atomic mass is 19.1. The molecule has 7 nitrogen and oxygen atoms in total. The van der Waals surface area contributed by atoms with E-state index in [0.717, 1.165) is 0 Å². The molecule has 110 valence electrons. The zero-order chi connectivity index (χ0) is 15.6. The third-order valence-electron chi connectivity index (χ3n) is 2.98. The second kappa shape index (κ2) is 5.70. The highest BCUT2D eigenvalue weighted by molar-refractivity contribution is 5.61. The van der Waals surface area contributed by atoms with Gasteiger partial charge in [-0.1, -0.05) is 18.2 Å². The smallest absolute Gasteiger partial charge is 0.332 e. The van der Waals surface area contributed by atoms with Gasteiger partial charge in [0.1, 0.15) is 11.5 Å². The van der Waals surface area contributed by atoms with Crippen LogP contribution in [-0.4, -0.2) is 14.9 Å². The molecule has 0 fully saturated rings. The van der Waals surface area contributed by atoms with Gasteiger partial charge in [-0.25, -0.2) is 9.37 Å². The maximum atomic E-state index is 13.7. The molecule has 0 spiro atoms. The van der Waals surface area contributed by atoms with Gasteiger partial charge < -0.3 is 11.1 Å². The topological polar surface area (TPSA) is 107 Å². The van der Waals surface area contributed by atoms with Crippen LogP contribution in [-0.2, 0) is 0 Å². The summed E-state index contributed by atoms with van der Waals surface area (Å²) in [6.07, 6.45) is 0. The number of halogens is 1. The third kappa shape index (κ3) is 3.04. The molecule has 1 aromatic heterocycles. The van der Waals surface area contributed by atoms with Crippen LogP contribution in [0.1, 0.15) is 24.2 Å². The van der Waals surface area contributed by atoms with Crippen molar-refractivity contribution in [3.8, 4) is 0 Å². The molecule has 21 heavy (non-hydrogen) atoms. The summed E-state index contributed by atoms with van der Waals surface area (Å²) in [4.78, 5) is 18.1. The lowest BCUT2D eigenvalue weighted by molar-refractivity contribution is -0.385. The molecule has 0 aliphatic heterocycles. The van der Waals surface area contributed by atoms with Crippen LogP contribution in [0.2, 0.25) is 0 Å². The van der Waals surface area contributed by atoms with Gasteiger partial charge in [0.05, 0.1) is 11.0 Å². The van der Waals surface area contributed by atoms with Crippen LogP contribution in [0.5, 0.6) is 0 Å². The summed E-state index contributed by atoms with van der Waals surface area (Å²) >= 11 is 0. The molecule has 0 amide bonds. The Morgan fingerprint density at radius 3 is 2.67 bits per heavy atom. The van der Waals surface area contributed by atoms with Gasteiger partial charge in [0.15, 0.2) is 0 Å². The van der Waals surface area contributed by atoms with Crippen LogP contribution >= 0.6 is 0 Å². The van der Waals surface area contributed by atoms with Gasteiger partial charge in [-0.3, -0.25) is 10.1 Å². The third-order valence-corrected chi connectivity index (χ3v) is 2.98. The van der Waals surface area contributed by atoms with Crippen LogP contribution in [0.15, 0.2) is 24.3 Å². The highest BCUT2D eigenvalue weighted by Gasteiger charge is 2.23. The van der Waals surface area contributed by atoms with Crippen LogP contribution in [0, 0.1) is 22.9 Å². The van der Waals surface area contributed by atoms with Crippen molar-refractivity contribution in [1.82, 2.24) is 9.97 Å². The average Bonchev–Trinajstić information content (AvgIpc) is 2.37. The summed E-state index contributed by atoms with van der Waals surface area (Å²) in [5.74, 6) is -0.513. The van der Waals surface area contributed by atoms with Crippen LogP contribution < -0.4 is 11.1 Å². The largest absolute Gasteiger partial charge is 0.368 e. The molecule has 1 aromatic carbocycles. The van der Waals surface area contributed by atoms with Crippen molar-refractivity contribution < 1.29 is 9.31 Å². The number of nitro groups is 1. The van der Waals surface area contributed by atoms with Gasteiger partial charge >= 0.3 is 5.69 Å². The second-order valence-corrected chi connectivity index (χ2v) is 4.51. The van der Waals surface area contributed by atoms with Crippen molar-refractivity contribution in [2.45, 2.75) is 19.9 Å². The van der Waals surface area contributed by atoms with Crippen molar-refractivity contribution in [1.29, 1.82) is 0 Å². The zero-order valence-electron chi connectivity index (χ0n) is 11.5. The van der Waals surface area contributed by atoms with Crippen LogP contribution in [0.25, 0.3) is 0 Å². The van der Waals surface area contributed by atoms with Crippen molar-refractivity contribution >= 4 is 17.5 Å². The van der Waals surface area contributed by atoms with Crippen molar-refractivity contribution in [3.05, 3.63) is 51.5 Å². The fourth-order valence-corrected chi connectivity index (χ4v) is 2.02. The van der Waals surface area contributed by atoms with Crippen molar-refractivity contribution in [2.24, 2.45) is 0 Å². The van der Waals surface area contributed by atoms with E-state index in [0.29, 0.717) is 5.56 Å². The molecular weight excluding hydrogens is 277 g/mol.